The van der Waals surface area contributed by atoms with Gasteiger partial charge in [-0.05, 0) is 48.7 Å². The Morgan fingerprint density at radius 2 is 1.88 bits per heavy atom. The number of ether oxygens (including phenoxy) is 2. The number of hydrogen-bond donors (Lipinski definition) is 1. The van der Waals surface area contributed by atoms with Gasteiger partial charge < -0.3 is 14.8 Å². The SMILES string of the molecule is CCC(C)NCc1cc(Cl)c(OCc2ccc(F)cc2)c(OC)c1. The second-order valence-electron chi connectivity index (χ2n) is 5.71. The van der Waals surface area contributed by atoms with E-state index in [4.69, 9.17) is 21.1 Å². The van der Waals surface area contributed by atoms with Crippen LogP contribution in [0.25, 0.3) is 0 Å². The average molecular weight is 352 g/mol. The van der Waals surface area contributed by atoms with Gasteiger partial charge in [0.25, 0.3) is 0 Å². The molecule has 0 bridgehead atoms. The zero-order valence-electron chi connectivity index (χ0n) is 14.2. The van der Waals surface area contributed by atoms with Crippen LogP contribution < -0.4 is 14.8 Å². The lowest BCUT2D eigenvalue weighted by molar-refractivity contribution is 0.284. The molecule has 1 unspecified atom stereocenters. The molecule has 0 aliphatic carbocycles. The lowest BCUT2D eigenvalue weighted by Crippen LogP contribution is -2.24. The maximum Gasteiger partial charge on any atom is 0.180 e. The molecule has 1 N–H and O–H groups in total. The van der Waals surface area contributed by atoms with Crippen LogP contribution in [0.2, 0.25) is 5.02 Å². The third-order valence-corrected chi connectivity index (χ3v) is 4.13. The first-order valence-electron chi connectivity index (χ1n) is 8.00. The predicted octanol–water partition coefficient (Wildman–Crippen LogP) is 4.95. The summed E-state index contributed by atoms with van der Waals surface area (Å²) in [5, 5.41) is 3.92. The highest BCUT2D eigenvalue weighted by Crippen LogP contribution is 2.37. The Kier molecular flexibility index (Phi) is 6.88. The van der Waals surface area contributed by atoms with Gasteiger partial charge in [-0.3, -0.25) is 0 Å². The molecule has 0 fully saturated rings. The lowest BCUT2D eigenvalue weighted by Gasteiger charge is -2.16. The van der Waals surface area contributed by atoms with Crippen molar-refractivity contribution in [3.63, 3.8) is 0 Å². The Bertz CT molecular complexity index is 661. The largest absolute Gasteiger partial charge is 0.493 e. The third kappa shape index (κ3) is 5.11. The van der Waals surface area contributed by atoms with E-state index in [9.17, 15) is 4.39 Å². The zero-order chi connectivity index (χ0) is 17.5. The number of hydrogen-bond acceptors (Lipinski definition) is 3. The van der Waals surface area contributed by atoms with Crippen molar-refractivity contribution in [2.45, 2.75) is 39.5 Å². The second-order valence-corrected chi connectivity index (χ2v) is 6.12. The van der Waals surface area contributed by atoms with E-state index in [0.29, 0.717) is 35.7 Å². The highest BCUT2D eigenvalue weighted by Gasteiger charge is 2.13. The molecule has 24 heavy (non-hydrogen) atoms. The standard InChI is InChI=1S/C19H23ClFNO2/c1-4-13(2)22-11-15-9-17(20)19(18(10-15)23-3)24-12-14-5-7-16(21)8-6-14/h5-10,13,22H,4,11-12H2,1-3H3. The van der Waals surface area contributed by atoms with Crippen LogP contribution in [0, 0.1) is 5.82 Å². The number of benzene rings is 2. The minimum absolute atomic E-state index is 0.271. The fraction of sp³-hybridized carbons (Fsp3) is 0.368. The summed E-state index contributed by atoms with van der Waals surface area (Å²) in [5.41, 5.74) is 1.89. The molecular weight excluding hydrogens is 329 g/mol. The van der Waals surface area contributed by atoms with Gasteiger partial charge in [-0.25, -0.2) is 4.39 Å². The van der Waals surface area contributed by atoms with E-state index >= 15 is 0 Å². The van der Waals surface area contributed by atoms with Gasteiger partial charge in [-0.15, -0.1) is 0 Å². The molecule has 5 heteroatoms. The normalized spacial score (nSPS) is 12.0. The van der Waals surface area contributed by atoms with Crippen molar-refractivity contribution in [3.05, 3.63) is 58.4 Å². The van der Waals surface area contributed by atoms with Gasteiger partial charge in [0.05, 0.1) is 12.1 Å². The molecule has 0 aliphatic heterocycles. The van der Waals surface area contributed by atoms with Crippen molar-refractivity contribution in [2.24, 2.45) is 0 Å². The summed E-state index contributed by atoms with van der Waals surface area (Å²) in [6.45, 7) is 5.28. The maximum atomic E-state index is 12.9. The molecule has 0 aliphatic rings. The van der Waals surface area contributed by atoms with Gasteiger partial charge in [0.2, 0.25) is 0 Å². The summed E-state index contributed by atoms with van der Waals surface area (Å²) in [7, 11) is 1.59. The molecule has 2 aromatic carbocycles. The molecule has 0 radical (unpaired) electrons. The van der Waals surface area contributed by atoms with E-state index in [2.05, 4.69) is 19.2 Å². The molecular formula is C19H23ClFNO2. The molecule has 2 rings (SSSR count). The van der Waals surface area contributed by atoms with Crippen LogP contribution in [0.5, 0.6) is 11.5 Å². The van der Waals surface area contributed by atoms with E-state index in [1.165, 1.54) is 12.1 Å². The van der Waals surface area contributed by atoms with Crippen LogP contribution >= 0.6 is 11.6 Å². The molecule has 0 spiro atoms. The zero-order valence-corrected chi connectivity index (χ0v) is 15.0. The fourth-order valence-corrected chi connectivity index (χ4v) is 2.48. The molecule has 0 amide bonds. The van der Waals surface area contributed by atoms with Crippen molar-refractivity contribution in [3.8, 4) is 11.5 Å². The topological polar surface area (TPSA) is 30.5 Å². The summed E-state index contributed by atoms with van der Waals surface area (Å²) in [5.74, 6) is 0.814. The molecule has 0 saturated carbocycles. The quantitative estimate of drug-likeness (QED) is 0.729. The summed E-state index contributed by atoms with van der Waals surface area (Å²) in [4.78, 5) is 0. The van der Waals surface area contributed by atoms with Crippen molar-refractivity contribution >= 4 is 11.6 Å². The number of halogens is 2. The van der Waals surface area contributed by atoms with Gasteiger partial charge in [-0.1, -0.05) is 30.7 Å². The first-order valence-corrected chi connectivity index (χ1v) is 8.38. The maximum absolute atomic E-state index is 12.9. The van der Waals surface area contributed by atoms with Crippen LogP contribution in [0.1, 0.15) is 31.4 Å². The average Bonchev–Trinajstić information content (AvgIpc) is 2.59. The van der Waals surface area contributed by atoms with Crippen molar-refractivity contribution < 1.29 is 13.9 Å². The highest BCUT2D eigenvalue weighted by atomic mass is 35.5. The van der Waals surface area contributed by atoms with Crippen LogP contribution in [0.15, 0.2) is 36.4 Å². The molecule has 3 nitrogen and oxygen atoms in total. The number of rotatable bonds is 8. The van der Waals surface area contributed by atoms with Gasteiger partial charge in [0, 0.05) is 12.6 Å². The highest BCUT2D eigenvalue weighted by molar-refractivity contribution is 6.32. The summed E-state index contributed by atoms with van der Waals surface area (Å²) >= 11 is 6.36. The van der Waals surface area contributed by atoms with Crippen LogP contribution in [-0.4, -0.2) is 13.2 Å². The molecule has 1 atom stereocenters. The molecule has 130 valence electrons. The monoisotopic (exact) mass is 351 g/mol. The first kappa shape index (κ1) is 18.6. The Morgan fingerprint density at radius 3 is 2.50 bits per heavy atom. The number of methoxy groups -OCH3 is 1. The van der Waals surface area contributed by atoms with E-state index in [1.807, 2.05) is 12.1 Å². The Hall–Kier alpha value is -1.78. The smallest absolute Gasteiger partial charge is 0.180 e. The molecule has 2 aromatic rings. The minimum atomic E-state index is -0.271. The van der Waals surface area contributed by atoms with Gasteiger partial charge in [0.15, 0.2) is 11.5 Å². The lowest BCUT2D eigenvalue weighted by atomic mass is 10.1. The molecule has 0 heterocycles. The Morgan fingerprint density at radius 1 is 1.17 bits per heavy atom. The van der Waals surface area contributed by atoms with E-state index < -0.39 is 0 Å². The van der Waals surface area contributed by atoms with Gasteiger partial charge in [0.1, 0.15) is 12.4 Å². The summed E-state index contributed by atoms with van der Waals surface area (Å²) in [6.07, 6.45) is 1.06. The molecule has 0 saturated heterocycles. The van der Waals surface area contributed by atoms with E-state index in [0.717, 1.165) is 17.5 Å². The van der Waals surface area contributed by atoms with Crippen molar-refractivity contribution in [2.75, 3.05) is 7.11 Å². The van der Waals surface area contributed by atoms with Crippen LogP contribution in [-0.2, 0) is 13.2 Å². The van der Waals surface area contributed by atoms with Gasteiger partial charge >= 0.3 is 0 Å². The van der Waals surface area contributed by atoms with Crippen molar-refractivity contribution in [1.29, 1.82) is 0 Å². The first-order chi connectivity index (χ1) is 11.5. The summed E-state index contributed by atoms with van der Waals surface area (Å²) < 4.78 is 24.1. The number of nitrogens with one attached hydrogen (secondary N) is 1. The Labute approximate surface area is 147 Å². The fourth-order valence-electron chi connectivity index (χ4n) is 2.19. The third-order valence-electron chi connectivity index (χ3n) is 3.85. The van der Waals surface area contributed by atoms with Gasteiger partial charge in [-0.2, -0.15) is 0 Å². The molecule has 0 aromatic heterocycles. The summed E-state index contributed by atoms with van der Waals surface area (Å²) in [6, 6.07) is 10.4. The predicted molar refractivity (Wildman–Crippen MR) is 95.3 cm³/mol. The van der Waals surface area contributed by atoms with Crippen LogP contribution in [0.3, 0.4) is 0 Å². The second kappa shape index (κ2) is 8.90. The van der Waals surface area contributed by atoms with E-state index in [1.54, 1.807) is 19.2 Å². The van der Waals surface area contributed by atoms with Crippen LogP contribution in [0.4, 0.5) is 4.39 Å². The van der Waals surface area contributed by atoms with Crippen molar-refractivity contribution in [1.82, 2.24) is 5.32 Å². The van der Waals surface area contributed by atoms with E-state index in [-0.39, 0.29) is 5.82 Å². The minimum Gasteiger partial charge on any atom is -0.493 e. The Balaban J connectivity index is 2.10.